The average Bonchev–Trinajstić information content (AvgIpc) is 2.64. The van der Waals surface area contributed by atoms with Crippen LogP contribution in [0.2, 0.25) is 10.0 Å². The maximum atomic E-state index is 12.2. The number of rotatable bonds is 5. The van der Waals surface area contributed by atoms with E-state index < -0.39 is 0 Å². The lowest BCUT2D eigenvalue weighted by Gasteiger charge is -2.34. The lowest BCUT2D eigenvalue weighted by Crippen LogP contribution is -3.15. The second kappa shape index (κ2) is 8.76. The highest BCUT2D eigenvalue weighted by atomic mass is 35.5. The molecular formula is C20H24Cl2N3O+. The molecule has 0 bridgehead atoms. The van der Waals surface area contributed by atoms with E-state index in [1.807, 2.05) is 36.4 Å². The third-order valence-electron chi connectivity index (χ3n) is 4.80. The number of quaternary nitrogens is 1. The molecule has 4 nitrogen and oxygen atoms in total. The molecule has 6 heteroatoms. The SMILES string of the molecule is Cc1ccc(Cl)cc1N1CC[NH+](CC(=O)NCc2ccc(Cl)cc2)CC1. The van der Waals surface area contributed by atoms with Crippen molar-refractivity contribution in [2.75, 3.05) is 37.6 Å². The predicted octanol–water partition coefficient (Wildman–Crippen LogP) is 2.32. The van der Waals surface area contributed by atoms with Gasteiger partial charge in [-0.25, -0.2) is 0 Å². The van der Waals surface area contributed by atoms with E-state index in [1.54, 1.807) is 0 Å². The molecule has 0 radical (unpaired) electrons. The number of piperazine rings is 1. The Bertz CT molecular complexity index is 756. The monoisotopic (exact) mass is 392 g/mol. The minimum atomic E-state index is 0.0855. The number of nitrogens with zero attached hydrogens (tertiary/aromatic N) is 1. The lowest BCUT2D eigenvalue weighted by atomic mass is 10.1. The minimum absolute atomic E-state index is 0.0855. The number of halogens is 2. The molecule has 2 aromatic rings. The van der Waals surface area contributed by atoms with E-state index in [-0.39, 0.29) is 5.91 Å². The van der Waals surface area contributed by atoms with Crippen molar-refractivity contribution < 1.29 is 9.69 Å². The number of aryl methyl sites for hydroxylation is 1. The average molecular weight is 393 g/mol. The third kappa shape index (κ3) is 5.13. The van der Waals surface area contributed by atoms with Gasteiger partial charge in [-0.2, -0.15) is 0 Å². The molecule has 3 rings (SSSR count). The van der Waals surface area contributed by atoms with Gasteiger partial charge >= 0.3 is 0 Å². The topological polar surface area (TPSA) is 36.8 Å². The zero-order valence-electron chi connectivity index (χ0n) is 14.9. The molecule has 1 amide bonds. The van der Waals surface area contributed by atoms with Gasteiger partial charge in [0.05, 0.1) is 26.2 Å². The van der Waals surface area contributed by atoms with Crippen LogP contribution in [0.4, 0.5) is 5.69 Å². The Kier molecular flexibility index (Phi) is 6.41. The molecule has 2 N–H and O–H groups in total. The van der Waals surface area contributed by atoms with Crippen molar-refractivity contribution in [3.63, 3.8) is 0 Å². The standard InChI is InChI=1S/C20H23Cl2N3O/c1-15-2-5-18(22)12-19(15)25-10-8-24(9-11-25)14-20(26)23-13-16-3-6-17(21)7-4-16/h2-7,12H,8-11,13-14H2,1H3,(H,23,26)/p+1. The van der Waals surface area contributed by atoms with Crippen molar-refractivity contribution in [2.45, 2.75) is 13.5 Å². The van der Waals surface area contributed by atoms with Crippen LogP contribution in [-0.2, 0) is 11.3 Å². The van der Waals surface area contributed by atoms with Crippen LogP contribution < -0.4 is 15.1 Å². The maximum Gasteiger partial charge on any atom is 0.275 e. The van der Waals surface area contributed by atoms with Gasteiger partial charge in [-0.1, -0.05) is 41.4 Å². The van der Waals surface area contributed by atoms with Gasteiger partial charge in [0, 0.05) is 22.3 Å². The summed E-state index contributed by atoms with van der Waals surface area (Å²) >= 11 is 12.0. The highest BCUT2D eigenvalue weighted by Gasteiger charge is 2.23. The number of hydrogen-bond donors (Lipinski definition) is 2. The maximum absolute atomic E-state index is 12.2. The zero-order valence-corrected chi connectivity index (χ0v) is 16.4. The second-order valence-electron chi connectivity index (χ2n) is 6.75. The number of carbonyl (C=O) groups is 1. The van der Waals surface area contributed by atoms with Crippen molar-refractivity contribution in [3.8, 4) is 0 Å². The van der Waals surface area contributed by atoms with Gasteiger partial charge in [-0.3, -0.25) is 4.79 Å². The van der Waals surface area contributed by atoms with Crippen LogP contribution >= 0.6 is 23.2 Å². The fourth-order valence-corrected chi connectivity index (χ4v) is 3.55. The van der Waals surface area contributed by atoms with Gasteiger partial charge in [0.2, 0.25) is 0 Å². The summed E-state index contributed by atoms with van der Waals surface area (Å²) in [7, 11) is 0. The highest BCUT2D eigenvalue weighted by molar-refractivity contribution is 6.31. The summed E-state index contributed by atoms with van der Waals surface area (Å²) in [5.41, 5.74) is 3.49. The van der Waals surface area contributed by atoms with Crippen LogP contribution in [0.1, 0.15) is 11.1 Å². The molecule has 1 aliphatic heterocycles. The van der Waals surface area contributed by atoms with Crippen molar-refractivity contribution in [1.29, 1.82) is 0 Å². The molecule has 0 saturated carbocycles. The molecular weight excluding hydrogens is 369 g/mol. The third-order valence-corrected chi connectivity index (χ3v) is 5.28. The van der Waals surface area contributed by atoms with E-state index in [0.29, 0.717) is 18.1 Å². The minimum Gasteiger partial charge on any atom is -0.360 e. The van der Waals surface area contributed by atoms with E-state index in [2.05, 4.69) is 23.2 Å². The smallest absolute Gasteiger partial charge is 0.275 e. The van der Waals surface area contributed by atoms with E-state index >= 15 is 0 Å². The van der Waals surface area contributed by atoms with Gasteiger partial charge < -0.3 is 15.1 Å². The largest absolute Gasteiger partial charge is 0.360 e. The molecule has 0 spiro atoms. The number of amides is 1. The predicted molar refractivity (Wildman–Crippen MR) is 107 cm³/mol. The van der Waals surface area contributed by atoms with Crippen LogP contribution in [-0.4, -0.2) is 38.6 Å². The molecule has 2 aromatic carbocycles. The summed E-state index contributed by atoms with van der Waals surface area (Å²) in [6.45, 7) is 6.91. The van der Waals surface area contributed by atoms with Crippen LogP contribution in [0.5, 0.6) is 0 Å². The summed E-state index contributed by atoms with van der Waals surface area (Å²) < 4.78 is 0. The summed E-state index contributed by atoms with van der Waals surface area (Å²) in [5, 5.41) is 4.46. The lowest BCUT2D eigenvalue weighted by molar-refractivity contribution is -0.892. The van der Waals surface area contributed by atoms with Crippen molar-refractivity contribution in [3.05, 3.63) is 63.6 Å². The number of nitrogens with one attached hydrogen (secondary N) is 2. The molecule has 1 fully saturated rings. The Morgan fingerprint density at radius 3 is 2.42 bits per heavy atom. The first-order chi connectivity index (χ1) is 12.5. The first kappa shape index (κ1) is 19.0. The molecule has 26 heavy (non-hydrogen) atoms. The molecule has 0 atom stereocenters. The van der Waals surface area contributed by atoms with Crippen LogP contribution in [0.15, 0.2) is 42.5 Å². The van der Waals surface area contributed by atoms with Crippen molar-refractivity contribution in [2.24, 2.45) is 0 Å². The van der Waals surface area contributed by atoms with Crippen molar-refractivity contribution in [1.82, 2.24) is 5.32 Å². The molecule has 1 saturated heterocycles. The summed E-state index contributed by atoms with van der Waals surface area (Å²) in [5.74, 6) is 0.0855. The number of carbonyl (C=O) groups excluding carboxylic acids is 1. The summed E-state index contributed by atoms with van der Waals surface area (Å²) in [6.07, 6.45) is 0. The van der Waals surface area contributed by atoms with E-state index in [1.165, 1.54) is 16.2 Å². The first-order valence-electron chi connectivity index (χ1n) is 8.87. The van der Waals surface area contributed by atoms with Gasteiger partial charge in [-0.15, -0.1) is 0 Å². The number of hydrogen-bond acceptors (Lipinski definition) is 2. The molecule has 0 unspecified atom stereocenters. The number of benzene rings is 2. The normalized spacial score (nSPS) is 15.1. The highest BCUT2D eigenvalue weighted by Crippen LogP contribution is 2.24. The van der Waals surface area contributed by atoms with E-state index in [9.17, 15) is 4.79 Å². The quantitative estimate of drug-likeness (QED) is 0.818. The second-order valence-corrected chi connectivity index (χ2v) is 7.62. The first-order valence-corrected chi connectivity index (χ1v) is 9.62. The Hall–Kier alpha value is -1.75. The Morgan fingerprint density at radius 2 is 1.73 bits per heavy atom. The van der Waals surface area contributed by atoms with Crippen LogP contribution in [0, 0.1) is 6.92 Å². The van der Waals surface area contributed by atoms with Crippen LogP contribution in [0.25, 0.3) is 0 Å². The van der Waals surface area contributed by atoms with Crippen LogP contribution in [0.3, 0.4) is 0 Å². The summed E-state index contributed by atoms with van der Waals surface area (Å²) in [6, 6.07) is 13.6. The Morgan fingerprint density at radius 1 is 1.08 bits per heavy atom. The van der Waals surface area contributed by atoms with Gasteiger partial charge in [-0.05, 0) is 42.3 Å². The molecule has 1 aliphatic rings. The molecule has 138 valence electrons. The zero-order chi connectivity index (χ0) is 18.5. The van der Waals surface area contributed by atoms with E-state index in [0.717, 1.165) is 36.8 Å². The molecule has 0 aromatic heterocycles. The molecule has 1 heterocycles. The Balaban J connectivity index is 1.45. The molecule has 0 aliphatic carbocycles. The van der Waals surface area contributed by atoms with Gasteiger partial charge in [0.25, 0.3) is 5.91 Å². The summed E-state index contributed by atoms with van der Waals surface area (Å²) in [4.78, 5) is 15.9. The fraction of sp³-hybridized carbons (Fsp3) is 0.350. The van der Waals surface area contributed by atoms with Crippen molar-refractivity contribution >= 4 is 34.8 Å². The van der Waals surface area contributed by atoms with E-state index in [4.69, 9.17) is 23.2 Å². The van der Waals surface area contributed by atoms with Gasteiger partial charge in [0.1, 0.15) is 0 Å². The fourth-order valence-electron chi connectivity index (χ4n) is 3.26. The number of anilines is 1. The Labute approximate surface area is 164 Å². The van der Waals surface area contributed by atoms with Gasteiger partial charge in [0.15, 0.2) is 6.54 Å².